The normalized spacial score (nSPS) is 22.4. The minimum atomic E-state index is -1.39. The van der Waals surface area contributed by atoms with Crippen LogP contribution in [0.25, 0.3) is 6.08 Å². The molecule has 7 heteroatoms. The van der Waals surface area contributed by atoms with E-state index in [-0.39, 0.29) is 17.5 Å². The fourth-order valence-corrected chi connectivity index (χ4v) is 7.50. The van der Waals surface area contributed by atoms with Crippen LogP contribution in [0.5, 0.6) is 5.75 Å². The molecule has 3 aliphatic rings. The number of fused-ring (bicyclic) bond motifs is 6. The van der Waals surface area contributed by atoms with Gasteiger partial charge in [0, 0.05) is 29.9 Å². The third-order valence-corrected chi connectivity index (χ3v) is 9.30. The molecule has 4 aromatic rings. The second-order valence-electron chi connectivity index (χ2n) is 11.9. The second kappa shape index (κ2) is 11.0. The molecule has 7 nitrogen and oxygen atoms in total. The fourth-order valence-electron chi connectivity index (χ4n) is 7.50. The molecule has 1 spiro atoms. The highest BCUT2D eigenvalue weighted by atomic mass is 16.5. The van der Waals surface area contributed by atoms with Gasteiger partial charge in [0.2, 0.25) is 5.91 Å². The summed E-state index contributed by atoms with van der Waals surface area (Å²) in [5.41, 5.74) is 3.69. The number of benzene rings is 4. The van der Waals surface area contributed by atoms with Gasteiger partial charge in [-0.15, -0.1) is 0 Å². The Kier molecular flexibility index (Phi) is 6.96. The molecular formula is C38H32N2O5. The number of esters is 1. The van der Waals surface area contributed by atoms with Gasteiger partial charge in [0.1, 0.15) is 17.2 Å². The van der Waals surface area contributed by atoms with Gasteiger partial charge in [-0.05, 0) is 65.1 Å². The maximum atomic E-state index is 15.0. The van der Waals surface area contributed by atoms with Crippen LogP contribution in [-0.2, 0) is 21.4 Å². The molecule has 7 rings (SSSR count). The van der Waals surface area contributed by atoms with Crippen molar-refractivity contribution in [1.82, 2.24) is 4.90 Å². The molecular weight excluding hydrogens is 564 g/mol. The maximum Gasteiger partial charge on any atom is 0.308 e. The summed E-state index contributed by atoms with van der Waals surface area (Å²) in [5, 5.41) is 3.08. The Morgan fingerprint density at radius 2 is 1.51 bits per heavy atom. The van der Waals surface area contributed by atoms with Gasteiger partial charge < -0.3 is 15.0 Å². The van der Waals surface area contributed by atoms with Crippen molar-refractivity contribution in [3.05, 3.63) is 137 Å². The van der Waals surface area contributed by atoms with Crippen LogP contribution in [0.1, 0.15) is 69.3 Å². The number of hydrogen-bond acceptors (Lipinski definition) is 6. The number of amides is 1. The van der Waals surface area contributed by atoms with Gasteiger partial charge in [0.25, 0.3) is 0 Å². The Labute approximate surface area is 261 Å². The van der Waals surface area contributed by atoms with E-state index in [2.05, 4.69) is 12.2 Å². The van der Waals surface area contributed by atoms with Crippen molar-refractivity contribution < 1.29 is 23.9 Å². The van der Waals surface area contributed by atoms with Gasteiger partial charge in [-0.25, -0.2) is 0 Å². The zero-order valence-electron chi connectivity index (χ0n) is 25.0. The van der Waals surface area contributed by atoms with Crippen molar-refractivity contribution in [2.45, 2.75) is 44.2 Å². The van der Waals surface area contributed by atoms with Crippen LogP contribution in [0.4, 0.5) is 5.69 Å². The number of hydrogen-bond donors (Lipinski definition) is 1. The summed E-state index contributed by atoms with van der Waals surface area (Å²) >= 11 is 0. The number of rotatable bonds is 7. The molecule has 0 radical (unpaired) electrons. The van der Waals surface area contributed by atoms with E-state index in [9.17, 15) is 19.2 Å². The van der Waals surface area contributed by atoms with Crippen LogP contribution < -0.4 is 10.1 Å². The molecule has 224 valence electrons. The summed E-state index contributed by atoms with van der Waals surface area (Å²) in [6.07, 6.45) is 5.66. The summed E-state index contributed by atoms with van der Waals surface area (Å²) in [4.78, 5) is 57.7. The van der Waals surface area contributed by atoms with E-state index in [0.717, 1.165) is 29.5 Å². The number of carbonyl (C=O) groups is 4. The van der Waals surface area contributed by atoms with E-state index in [0.29, 0.717) is 28.1 Å². The summed E-state index contributed by atoms with van der Waals surface area (Å²) < 4.78 is 5.19. The average Bonchev–Trinajstić information content (AvgIpc) is 3.53. The van der Waals surface area contributed by atoms with Gasteiger partial charge in [0.15, 0.2) is 11.6 Å². The fraction of sp³-hybridized carbons (Fsp3) is 0.211. The van der Waals surface area contributed by atoms with E-state index >= 15 is 0 Å². The quantitative estimate of drug-likeness (QED) is 0.148. The molecule has 1 N–H and O–H groups in total. The monoisotopic (exact) mass is 596 g/mol. The van der Waals surface area contributed by atoms with E-state index in [1.54, 1.807) is 24.3 Å². The van der Waals surface area contributed by atoms with Crippen molar-refractivity contribution in [3.8, 4) is 5.75 Å². The predicted octanol–water partition coefficient (Wildman–Crippen LogP) is 6.55. The van der Waals surface area contributed by atoms with Gasteiger partial charge in [0.05, 0.1) is 12.0 Å². The maximum absolute atomic E-state index is 15.0. The molecule has 3 heterocycles. The third-order valence-electron chi connectivity index (χ3n) is 9.30. The van der Waals surface area contributed by atoms with Crippen molar-refractivity contribution in [2.75, 3.05) is 5.32 Å². The number of nitrogens with one attached hydrogen (secondary N) is 1. The molecule has 1 fully saturated rings. The SMILES string of the molecule is CCCc1ccc(C(=O)C2C(C(=O)c3ccc(OC(C)=O)cc3)N3C=Cc4ccccc4C3C23C(=O)Nc2ccccc23)cc1. The Morgan fingerprint density at radius 3 is 2.24 bits per heavy atom. The number of carbonyl (C=O) groups excluding carboxylic acids is 4. The van der Waals surface area contributed by atoms with Gasteiger partial charge in [-0.3, -0.25) is 19.2 Å². The summed E-state index contributed by atoms with van der Waals surface area (Å²) in [5.74, 6) is -2.07. The lowest BCUT2D eigenvalue weighted by Crippen LogP contribution is -2.49. The lowest BCUT2D eigenvalue weighted by Gasteiger charge is -2.38. The molecule has 0 saturated carbocycles. The smallest absolute Gasteiger partial charge is 0.308 e. The van der Waals surface area contributed by atoms with Gasteiger partial charge in [-0.2, -0.15) is 0 Å². The van der Waals surface area contributed by atoms with Crippen molar-refractivity contribution in [2.24, 2.45) is 5.92 Å². The predicted molar refractivity (Wildman–Crippen MR) is 171 cm³/mol. The summed E-state index contributed by atoms with van der Waals surface area (Å²) in [6.45, 7) is 3.42. The standard InChI is InChI=1S/C38H32N2O5/c1-3-8-24-13-15-26(16-14-24)34(42)32-33(35(43)27-17-19-28(20-18-27)45-23(2)41)40-22-21-25-9-4-5-10-29(25)36(40)38(32)30-11-6-7-12-31(30)39-37(38)44/h4-7,9-22,32-33,36H,3,8H2,1-2H3,(H,39,44). The van der Waals surface area contributed by atoms with Crippen molar-refractivity contribution in [1.29, 1.82) is 0 Å². The first-order chi connectivity index (χ1) is 21.8. The summed E-state index contributed by atoms with van der Waals surface area (Å²) in [6, 6.07) is 27.6. The van der Waals surface area contributed by atoms with Crippen LogP contribution in [-0.4, -0.2) is 34.4 Å². The minimum Gasteiger partial charge on any atom is -0.427 e. The second-order valence-corrected chi connectivity index (χ2v) is 11.9. The molecule has 45 heavy (non-hydrogen) atoms. The number of anilines is 1. The lowest BCUT2D eigenvalue weighted by molar-refractivity contribution is -0.131. The number of nitrogens with zero attached hydrogens (tertiary/aromatic N) is 1. The molecule has 3 aliphatic heterocycles. The molecule has 4 unspecified atom stereocenters. The van der Waals surface area contributed by atoms with Gasteiger partial charge in [-0.1, -0.05) is 80.1 Å². The minimum absolute atomic E-state index is 0.264. The van der Waals surface area contributed by atoms with Crippen LogP contribution in [0, 0.1) is 5.92 Å². The number of ether oxygens (including phenoxy) is 1. The zero-order chi connectivity index (χ0) is 31.3. The largest absolute Gasteiger partial charge is 0.427 e. The van der Waals surface area contributed by atoms with E-state index < -0.39 is 29.4 Å². The molecule has 4 atom stereocenters. The Hall–Kier alpha value is -5.30. The topological polar surface area (TPSA) is 92.8 Å². The van der Waals surface area contributed by atoms with Gasteiger partial charge >= 0.3 is 5.97 Å². The highest BCUT2D eigenvalue weighted by molar-refractivity contribution is 6.16. The highest BCUT2D eigenvalue weighted by Gasteiger charge is 2.70. The Balaban J connectivity index is 1.45. The average molecular weight is 597 g/mol. The molecule has 1 amide bonds. The zero-order valence-corrected chi connectivity index (χ0v) is 25.0. The number of para-hydroxylation sites is 1. The van der Waals surface area contributed by atoms with Crippen LogP contribution >= 0.6 is 0 Å². The number of Topliss-reactive ketones (excluding diaryl/α,β-unsaturated/α-hetero) is 2. The van der Waals surface area contributed by atoms with Crippen molar-refractivity contribution in [3.63, 3.8) is 0 Å². The third kappa shape index (κ3) is 4.41. The molecule has 4 aromatic carbocycles. The highest BCUT2D eigenvalue weighted by Crippen LogP contribution is 2.62. The number of aryl methyl sites for hydroxylation is 1. The van der Waals surface area contributed by atoms with E-state index in [1.165, 1.54) is 6.92 Å². The van der Waals surface area contributed by atoms with Crippen LogP contribution in [0.3, 0.4) is 0 Å². The molecule has 0 aromatic heterocycles. The Bertz CT molecular complexity index is 1880. The van der Waals surface area contributed by atoms with Crippen LogP contribution in [0.2, 0.25) is 0 Å². The molecule has 0 bridgehead atoms. The van der Waals surface area contributed by atoms with E-state index in [4.69, 9.17) is 4.74 Å². The first-order valence-corrected chi connectivity index (χ1v) is 15.3. The first-order valence-electron chi connectivity index (χ1n) is 15.3. The molecule has 0 aliphatic carbocycles. The lowest BCUT2D eigenvalue weighted by atomic mass is 9.62. The van der Waals surface area contributed by atoms with Crippen LogP contribution in [0.15, 0.2) is 103 Å². The molecule has 1 saturated heterocycles. The Morgan fingerprint density at radius 1 is 0.844 bits per heavy atom. The summed E-state index contributed by atoms with van der Waals surface area (Å²) in [7, 11) is 0. The van der Waals surface area contributed by atoms with E-state index in [1.807, 2.05) is 90.0 Å². The first kappa shape index (κ1) is 28.5. The van der Waals surface area contributed by atoms with Crippen molar-refractivity contribution >= 4 is 35.2 Å². The number of ketones is 2.